The quantitative estimate of drug-likeness (QED) is 0.722. The van der Waals surface area contributed by atoms with E-state index >= 15 is 0 Å². The van der Waals surface area contributed by atoms with E-state index in [9.17, 15) is 9.59 Å². The Morgan fingerprint density at radius 1 is 0.833 bits per heavy atom. The van der Waals surface area contributed by atoms with Gasteiger partial charge in [-0.2, -0.15) is 0 Å². The molecule has 1 aliphatic rings. The number of carbonyl (C=O) groups excluding carboxylic acids is 2. The molecule has 1 fully saturated rings. The molecular formula is C25H27N3O2. The highest BCUT2D eigenvalue weighted by Gasteiger charge is 2.23. The van der Waals surface area contributed by atoms with Gasteiger partial charge in [0.1, 0.15) is 0 Å². The van der Waals surface area contributed by atoms with Crippen LogP contribution in [0.4, 0.5) is 5.69 Å². The van der Waals surface area contributed by atoms with Crippen LogP contribution in [0.2, 0.25) is 0 Å². The van der Waals surface area contributed by atoms with E-state index in [1.807, 2.05) is 79.4 Å². The largest absolute Gasteiger partial charge is 0.336 e. The number of aryl methyl sites for hydroxylation is 2. The van der Waals surface area contributed by atoms with Crippen molar-refractivity contribution in [2.75, 3.05) is 38.0 Å². The number of hydrogen-bond donors (Lipinski definition) is 1. The van der Waals surface area contributed by atoms with Crippen LogP contribution in [0.1, 0.15) is 21.5 Å². The molecule has 1 aliphatic heterocycles. The Morgan fingerprint density at radius 3 is 2.20 bits per heavy atom. The lowest BCUT2D eigenvalue weighted by molar-refractivity contribution is -0.117. The smallest absolute Gasteiger partial charge is 0.253 e. The van der Waals surface area contributed by atoms with E-state index < -0.39 is 0 Å². The molecule has 5 nitrogen and oxygen atoms in total. The SMILES string of the molecule is Cc1cccc(C)c1NC(=O)CN1CCN(C(=O)c2ccc3ccccc3c2)CC1. The number of rotatable bonds is 4. The lowest BCUT2D eigenvalue weighted by Crippen LogP contribution is -2.50. The van der Waals surface area contributed by atoms with Crippen LogP contribution in [-0.4, -0.2) is 54.3 Å². The zero-order valence-corrected chi connectivity index (χ0v) is 17.5. The van der Waals surface area contributed by atoms with E-state index in [0.717, 1.165) is 33.2 Å². The van der Waals surface area contributed by atoms with Gasteiger partial charge in [-0.3, -0.25) is 14.5 Å². The first-order valence-corrected chi connectivity index (χ1v) is 10.4. The van der Waals surface area contributed by atoms with Crippen LogP contribution < -0.4 is 5.32 Å². The number of nitrogens with zero attached hydrogens (tertiary/aromatic N) is 2. The Morgan fingerprint density at radius 2 is 1.50 bits per heavy atom. The Balaban J connectivity index is 1.33. The van der Waals surface area contributed by atoms with E-state index in [2.05, 4.69) is 10.2 Å². The second-order valence-corrected chi connectivity index (χ2v) is 7.95. The molecular weight excluding hydrogens is 374 g/mol. The number of piperazine rings is 1. The molecule has 3 aromatic rings. The summed E-state index contributed by atoms with van der Waals surface area (Å²) < 4.78 is 0. The van der Waals surface area contributed by atoms with Gasteiger partial charge in [-0.1, -0.05) is 48.5 Å². The Labute approximate surface area is 177 Å². The van der Waals surface area contributed by atoms with E-state index in [4.69, 9.17) is 0 Å². The predicted molar refractivity (Wildman–Crippen MR) is 121 cm³/mol. The Hall–Kier alpha value is -3.18. The fourth-order valence-electron chi connectivity index (χ4n) is 4.01. The highest BCUT2D eigenvalue weighted by Crippen LogP contribution is 2.20. The van der Waals surface area contributed by atoms with Crippen LogP contribution in [0, 0.1) is 13.8 Å². The molecule has 154 valence electrons. The number of nitrogens with one attached hydrogen (secondary N) is 1. The van der Waals surface area contributed by atoms with Crippen molar-refractivity contribution in [1.82, 2.24) is 9.80 Å². The van der Waals surface area contributed by atoms with Crippen LogP contribution in [0.5, 0.6) is 0 Å². The number of amides is 2. The van der Waals surface area contributed by atoms with Crippen LogP contribution >= 0.6 is 0 Å². The summed E-state index contributed by atoms with van der Waals surface area (Å²) in [6, 6.07) is 19.9. The predicted octanol–water partition coefficient (Wildman–Crippen LogP) is 3.85. The molecule has 0 saturated carbocycles. The fourth-order valence-corrected chi connectivity index (χ4v) is 4.01. The standard InChI is InChI=1S/C25H27N3O2/c1-18-6-5-7-19(2)24(18)26-23(29)17-27-12-14-28(15-13-27)25(30)22-11-10-20-8-3-4-9-21(20)16-22/h3-11,16H,12-15,17H2,1-2H3,(H,26,29). The number of benzene rings is 3. The maximum Gasteiger partial charge on any atom is 0.253 e. The molecule has 4 rings (SSSR count). The van der Waals surface area contributed by atoms with Crippen LogP contribution in [0.3, 0.4) is 0 Å². The Bertz CT molecular complexity index is 1060. The van der Waals surface area contributed by atoms with Crippen molar-refractivity contribution in [3.8, 4) is 0 Å². The van der Waals surface area contributed by atoms with Crippen LogP contribution in [0.15, 0.2) is 60.7 Å². The van der Waals surface area contributed by atoms with Gasteiger partial charge < -0.3 is 10.2 Å². The molecule has 0 unspecified atom stereocenters. The van der Waals surface area contributed by atoms with Crippen molar-refractivity contribution in [3.05, 3.63) is 77.4 Å². The minimum atomic E-state index is -0.0123. The topological polar surface area (TPSA) is 52.7 Å². The minimum Gasteiger partial charge on any atom is -0.336 e. The molecule has 0 bridgehead atoms. The lowest BCUT2D eigenvalue weighted by atomic mass is 10.1. The molecule has 1 saturated heterocycles. The molecule has 1 heterocycles. The molecule has 0 atom stereocenters. The molecule has 0 aromatic heterocycles. The zero-order valence-electron chi connectivity index (χ0n) is 17.5. The molecule has 1 N–H and O–H groups in total. The number of hydrogen-bond acceptors (Lipinski definition) is 3. The first kappa shape index (κ1) is 20.1. The number of fused-ring (bicyclic) bond motifs is 1. The first-order valence-electron chi connectivity index (χ1n) is 10.4. The van der Waals surface area contributed by atoms with Gasteiger partial charge in [0.15, 0.2) is 0 Å². The number of carbonyl (C=O) groups is 2. The van der Waals surface area contributed by atoms with Crippen molar-refractivity contribution in [2.45, 2.75) is 13.8 Å². The van der Waals surface area contributed by atoms with Crippen molar-refractivity contribution < 1.29 is 9.59 Å². The summed E-state index contributed by atoms with van der Waals surface area (Å²) in [5.41, 5.74) is 3.74. The van der Waals surface area contributed by atoms with E-state index in [1.54, 1.807) is 0 Å². The molecule has 0 radical (unpaired) electrons. The summed E-state index contributed by atoms with van der Waals surface area (Å²) in [5.74, 6) is 0.0436. The van der Waals surface area contributed by atoms with E-state index in [-0.39, 0.29) is 11.8 Å². The van der Waals surface area contributed by atoms with Crippen molar-refractivity contribution >= 4 is 28.3 Å². The number of para-hydroxylation sites is 1. The zero-order chi connectivity index (χ0) is 21.1. The molecule has 0 spiro atoms. The molecule has 2 amide bonds. The average Bonchev–Trinajstić information content (AvgIpc) is 2.76. The van der Waals surface area contributed by atoms with Crippen LogP contribution in [-0.2, 0) is 4.79 Å². The molecule has 3 aromatic carbocycles. The summed E-state index contributed by atoms with van der Waals surface area (Å²) in [7, 11) is 0. The molecule has 30 heavy (non-hydrogen) atoms. The molecule has 5 heteroatoms. The summed E-state index contributed by atoms with van der Waals surface area (Å²) >= 11 is 0. The van der Waals surface area contributed by atoms with Crippen molar-refractivity contribution in [3.63, 3.8) is 0 Å². The third kappa shape index (κ3) is 4.36. The van der Waals surface area contributed by atoms with Gasteiger partial charge in [-0.15, -0.1) is 0 Å². The van der Waals surface area contributed by atoms with Gasteiger partial charge in [-0.25, -0.2) is 0 Å². The van der Waals surface area contributed by atoms with Crippen molar-refractivity contribution in [2.24, 2.45) is 0 Å². The normalized spacial score (nSPS) is 14.7. The third-order valence-electron chi connectivity index (χ3n) is 5.77. The highest BCUT2D eigenvalue weighted by atomic mass is 16.2. The minimum absolute atomic E-state index is 0.0123. The van der Waals surface area contributed by atoms with Crippen LogP contribution in [0.25, 0.3) is 10.8 Å². The first-order chi connectivity index (χ1) is 14.5. The Kier molecular flexibility index (Phi) is 5.81. The van der Waals surface area contributed by atoms with Gasteiger partial charge in [0, 0.05) is 37.4 Å². The van der Waals surface area contributed by atoms with Gasteiger partial charge in [0.05, 0.1) is 6.54 Å². The summed E-state index contributed by atoms with van der Waals surface area (Å²) in [4.78, 5) is 29.4. The third-order valence-corrected chi connectivity index (χ3v) is 5.77. The summed E-state index contributed by atoms with van der Waals surface area (Å²) in [6.07, 6.45) is 0. The average molecular weight is 402 g/mol. The van der Waals surface area contributed by atoms with E-state index in [1.165, 1.54) is 0 Å². The molecule has 0 aliphatic carbocycles. The van der Waals surface area contributed by atoms with E-state index in [0.29, 0.717) is 32.7 Å². The maximum atomic E-state index is 12.9. The monoisotopic (exact) mass is 401 g/mol. The lowest BCUT2D eigenvalue weighted by Gasteiger charge is -2.34. The van der Waals surface area contributed by atoms with Gasteiger partial charge in [0.25, 0.3) is 5.91 Å². The van der Waals surface area contributed by atoms with Gasteiger partial charge in [-0.05, 0) is 47.9 Å². The van der Waals surface area contributed by atoms with Gasteiger partial charge >= 0.3 is 0 Å². The summed E-state index contributed by atoms with van der Waals surface area (Å²) in [6.45, 7) is 6.98. The summed E-state index contributed by atoms with van der Waals surface area (Å²) in [5, 5.41) is 5.25. The second-order valence-electron chi connectivity index (χ2n) is 7.95. The maximum absolute atomic E-state index is 12.9. The number of anilines is 1. The van der Waals surface area contributed by atoms with Crippen molar-refractivity contribution in [1.29, 1.82) is 0 Å². The fraction of sp³-hybridized carbons (Fsp3) is 0.280. The highest BCUT2D eigenvalue weighted by molar-refractivity contribution is 5.98. The second kappa shape index (κ2) is 8.67. The van der Waals surface area contributed by atoms with Gasteiger partial charge in [0.2, 0.25) is 5.91 Å².